The van der Waals surface area contributed by atoms with Crippen LogP contribution in [0.15, 0.2) is 63.3 Å². The largest absolute Gasteiger partial charge is 0.489 e. The van der Waals surface area contributed by atoms with E-state index in [1.807, 2.05) is 51.1 Å². The quantitative estimate of drug-likeness (QED) is 0.412. The van der Waals surface area contributed by atoms with Gasteiger partial charge in [-0.3, -0.25) is 4.79 Å². The summed E-state index contributed by atoms with van der Waals surface area (Å²) in [6.07, 6.45) is 5.04. The number of fused-ring (bicyclic) bond motifs is 1. The molecule has 4 rings (SSSR count). The van der Waals surface area contributed by atoms with Gasteiger partial charge in [-0.25, -0.2) is 4.79 Å². The second-order valence-corrected chi connectivity index (χ2v) is 8.78. The zero-order chi connectivity index (χ0) is 23.4. The molecule has 1 aromatic heterocycles. The molecule has 0 spiro atoms. The maximum absolute atomic E-state index is 12.8. The van der Waals surface area contributed by atoms with E-state index in [4.69, 9.17) is 9.15 Å². The summed E-state index contributed by atoms with van der Waals surface area (Å²) in [5.74, 6) is 0.367. The molecule has 3 aromatic rings. The van der Waals surface area contributed by atoms with Gasteiger partial charge in [-0.1, -0.05) is 23.8 Å². The molecule has 2 aromatic carbocycles. The van der Waals surface area contributed by atoms with Crippen LogP contribution in [0, 0.1) is 6.92 Å². The van der Waals surface area contributed by atoms with Crippen LogP contribution in [0.25, 0.3) is 11.0 Å². The Morgan fingerprint density at radius 2 is 2.09 bits per heavy atom. The van der Waals surface area contributed by atoms with Crippen molar-refractivity contribution in [3.63, 3.8) is 0 Å². The fraction of sp³-hybridized carbons (Fsp3) is 0.333. The SMILES string of the molecule is CC(C)=CCc1cccc(C(=O)Nc2cc3ccc(OC4CCCNC4)c(C)c3oc2=O)c1. The van der Waals surface area contributed by atoms with Crippen LogP contribution in [0.5, 0.6) is 5.75 Å². The molecular weight excluding hydrogens is 416 g/mol. The molecular formula is C27H30N2O4. The summed E-state index contributed by atoms with van der Waals surface area (Å²) in [6, 6.07) is 12.8. The molecule has 6 nitrogen and oxygen atoms in total. The number of piperidine rings is 1. The Labute approximate surface area is 193 Å². The minimum Gasteiger partial charge on any atom is -0.489 e. The van der Waals surface area contributed by atoms with Gasteiger partial charge < -0.3 is 19.8 Å². The number of benzene rings is 2. The standard InChI is InChI=1S/C27H30N2O4/c1-17(2)9-10-19-6-4-7-21(14-19)26(30)29-23-15-20-11-12-24(18(3)25(20)33-27(23)31)32-22-8-5-13-28-16-22/h4,6-7,9,11-12,14-15,22,28H,5,8,10,13,16H2,1-3H3,(H,29,30). The van der Waals surface area contributed by atoms with Crippen LogP contribution in [-0.2, 0) is 6.42 Å². The maximum atomic E-state index is 12.8. The van der Waals surface area contributed by atoms with Gasteiger partial charge in [0.2, 0.25) is 0 Å². The molecule has 1 atom stereocenters. The van der Waals surface area contributed by atoms with Crippen LogP contribution in [0.3, 0.4) is 0 Å². The zero-order valence-electron chi connectivity index (χ0n) is 19.4. The second-order valence-electron chi connectivity index (χ2n) is 8.78. The van der Waals surface area contributed by atoms with E-state index in [0.717, 1.165) is 48.9 Å². The lowest BCUT2D eigenvalue weighted by Crippen LogP contribution is -2.37. The van der Waals surface area contributed by atoms with E-state index in [1.165, 1.54) is 5.57 Å². The molecule has 1 aliphatic heterocycles. The van der Waals surface area contributed by atoms with Crippen LogP contribution >= 0.6 is 0 Å². The van der Waals surface area contributed by atoms with Crippen molar-refractivity contribution in [2.24, 2.45) is 0 Å². The third-order valence-corrected chi connectivity index (χ3v) is 5.83. The topological polar surface area (TPSA) is 80.6 Å². The van der Waals surface area contributed by atoms with E-state index in [1.54, 1.807) is 12.1 Å². The van der Waals surface area contributed by atoms with Crippen molar-refractivity contribution in [2.75, 3.05) is 18.4 Å². The molecule has 0 radical (unpaired) electrons. The molecule has 1 saturated heterocycles. The highest BCUT2D eigenvalue weighted by Crippen LogP contribution is 2.29. The predicted octanol–water partition coefficient (Wildman–Crippen LogP) is 4.99. The number of carbonyl (C=O) groups excluding carboxylic acids is 1. The average molecular weight is 447 g/mol. The number of carbonyl (C=O) groups is 1. The third-order valence-electron chi connectivity index (χ3n) is 5.83. The number of hydrogen-bond acceptors (Lipinski definition) is 5. The monoisotopic (exact) mass is 446 g/mol. The van der Waals surface area contributed by atoms with E-state index in [-0.39, 0.29) is 17.7 Å². The van der Waals surface area contributed by atoms with Gasteiger partial charge in [0.25, 0.3) is 5.91 Å². The first-order valence-corrected chi connectivity index (χ1v) is 11.4. The highest BCUT2D eigenvalue weighted by Gasteiger charge is 2.18. The number of aryl methyl sites for hydroxylation is 1. The normalized spacial score (nSPS) is 15.8. The van der Waals surface area contributed by atoms with Gasteiger partial charge in [-0.05, 0) is 82.5 Å². The Morgan fingerprint density at radius 1 is 1.24 bits per heavy atom. The molecule has 1 aliphatic rings. The first-order chi connectivity index (χ1) is 15.9. The van der Waals surface area contributed by atoms with Gasteiger partial charge in [0.05, 0.1) is 0 Å². The van der Waals surface area contributed by atoms with Gasteiger partial charge >= 0.3 is 5.63 Å². The Morgan fingerprint density at radius 3 is 2.85 bits per heavy atom. The molecule has 1 amide bonds. The van der Waals surface area contributed by atoms with Crippen LogP contribution < -0.4 is 21.0 Å². The van der Waals surface area contributed by atoms with Gasteiger partial charge in [0.1, 0.15) is 23.1 Å². The third kappa shape index (κ3) is 5.52. The Bertz CT molecular complexity index is 1250. The molecule has 172 valence electrons. The number of nitrogens with one attached hydrogen (secondary N) is 2. The van der Waals surface area contributed by atoms with Gasteiger partial charge in [0.15, 0.2) is 0 Å². The second kappa shape index (κ2) is 10.0. The van der Waals surface area contributed by atoms with Crippen molar-refractivity contribution in [2.45, 2.75) is 46.1 Å². The number of ether oxygens (including phenoxy) is 1. The average Bonchev–Trinajstić information content (AvgIpc) is 2.81. The summed E-state index contributed by atoms with van der Waals surface area (Å²) < 4.78 is 11.7. The Balaban J connectivity index is 1.55. The molecule has 0 aliphatic carbocycles. The van der Waals surface area contributed by atoms with E-state index >= 15 is 0 Å². The van der Waals surface area contributed by atoms with E-state index in [9.17, 15) is 9.59 Å². The van der Waals surface area contributed by atoms with Gasteiger partial charge in [-0.2, -0.15) is 0 Å². The smallest absolute Gasteiger partial charge is 0.360 e. The van der Waals surface area contributed by atoms with Crippen LogP contribution in [0.1, 0.15) is 48.2 Å². The fourth-order valence-corrected chi connectivity index (χ4v) is 3.98. The van der Waals surface area contributed by atoms with Crippen molar-refractivity contribution in [3.05, 3.63) is 81.2 Å². The van der Waals surface area contributed by atoms with Crippen molar-refractivity contribution < 1.29 is 13.9 Å². The number of anilines is 1. The number of hydrogen-bond donors (Lipinski definition) is 2. The summed E-state index contributed by atoms with van der Waals surface area (Å²) in [6.45, 7) is 7.79. The molecule has 1 fully saturated rings. The first-order valence-electron chi connectivity index (χ1n) is 11.4. The first kappa shape index (κ1) is 22.8. The molecule has 0 saturated carbocycles. The minimum atomic E-state index is -0.587. The Hall–Kier alpha value is -3.38. The summed E-state index contributed by atoms with van der Waals surface area (Å²) in [4.78, 5) is 25.5. The molecule has 0 bridgehead atoms. The van der Waals surface area contributed by atoms with E-state index < -0.39 is 5.63 Å². The summed E-state index contributed by atoms with van der Waals surface area (Å²) in [5, 5.41) is 6.77. The van der Waals surface area contributed by atoms with Crippen LogP contribution in [0.4, 0.5) is 5.69 Å². The summed E-state index contributed by atoms with van der Waals surface area (Å²) >= 11 is 0. The van der Waals surface area contributed by atoms with E-state index in [2.05, 4.69) is 16.7 Å². The highest BCUT2D eigenvalue weighted by atomic mass is 16.5. The number of amides is 1. The zero-order valence-corrected chi connectivity index (χ0v) is 19.4. The van der Waals surface area contributed by atoms with Gasteiger partial charge in [-0.15, -0.1) is 0 Å². The van der Waals surface area contributed by atoms with Crippen LogP contribution in [0.2, 0.25) is 0 Å². The lowest BCUT2D eigenvalue weighted by atomic mass is 10.1. The minimum absolute atomic E-state index is 0.104. The van der Waals surface area contributed by atoms with E-state index in [0.29, 0.717) is 16.9 Å². The molecule has 2 heterocycles. The van der Waals surface area contributed by atoms with Gasteiger partial charge in [0, 0.05) is 23.1 Å². The van der Waals surface area contributed by atoms with Crippen molar-refractivity contribution in [1.29, 1.82) is 0 Å². The highest BCUT2D eigenvalue weighted by molar-refractivity contribution is 6.05. The molecule has 2 N–H and O–H groups in total. The molecule has 1 unspecified atom stereocenters. The predicted molar refractivity (Wildman–Crippen MR) is 131 cm³/mol. The lowest BCUT2D eigenvalue weighted by molar-refractivity contribution is 0.102. The fourth-order valence-electron chi connectivity index (χ4n) is 3.98. The molecule has 33 heavy (non-hydrogen) atoms. The lowest BCUT2D eigenvalue weighted by Gasteiger charge is -2.24. The maximum Gasteiger partial charge on any atom is 0.360 e. The number of allylic oxidation sites excluding steroid dienone is 2. The van der Waals surface area contributed by atoms with Crippen molar-refractivity contribution >= 4 is 22.6 Å². The van der Waals surface area contributed by atoms with Crippen molar-refractivity contribution in [1.82, 2.24) is 5.32 Å². The van der Waals surface area contributed by atoms with Crippen LogP contribution in [-0.4, -0.2) is 25.1 Å². The Kier molecular flexibility index (Phi) is 6.94. The number of rotatable bonds is 6. The summed E-state index contributed by atoms with van der Waals surface area (Å²) in [7, 11) is 0. The van der Waals surface area contributed by atoms with Crippen molar-refractivity contribution in [3.8, 4) is 5.75 Å². The summed E-state index contributed by atoms with van der Waals surface area (Å²) in [5.41, 5.74) is 3.53. The molecule has 6 heteroatoms.